The lowest BCUT2D eigenvalue weighted by molar-refractivity contribution is -0.131. The van der Waals surface area contributed by atoms with Crippen molar-refractivity contribution < 1.29 is 19.4 Å². The van der Waals surface area contributed by atoms with Crippen LogP contribution in [0.25, 0.3) is 6.08 Å². The lowest BCUT2D eigenvalue weighted by atomic mass is 10.4. The van der Waals surface area contributed by atoms with E-state index in [1.54, 1.807) is 19.9 Å². The van der Waals surface area contributed by atoms with E-state index in [0.29, 0.717) is 6.54 Å². The third-order valence-electron chi connectivity index (χ3n) is 1.82. The lowest BCUT2D eigenvalue weighted by Gasteiger charge is -2.08. The number of nitrogens with one attached hydrogen (secondary N) is 1. The second kappa shape index (κ2) is 6.80. The van der Waals surface area contributed by atoms with Crippen molar-refractivity contribution in [2.45, 2.75) is 26.5 Å². The Hall–Kier alpha value is -1.82. The number of alkyl carbamates (subject to hydrolysis) is 1. The molecule has 0 atom stereocenters. The molecule has 0 aliphatic rings. The predicted molar refractivity (Wildman–Crippen MR) is 69.4 cm³/mol. The zero-order valence-electron chi connectivity index (χ0n) is 10.2. The van der Waals surface area contributed by atoms with Gasteiger partial charge < -0.3 is 15.2 Å². The molecule has 1 heterocycles. The molecule has 1 aromatic heterocycles. The number of aliphatic carboxylic acids is 1. The molecule has 1 rings (SSSR count). The number of carbonyl (C=O) groups is 2. The number of rotatable bonds is 5. The predicted octanol–water partition coefficient (Wildman–Crippen LogP) is 2.48. The zero-order valence-corrected chi connectivity index (χ0v) is 11.0. The van der Waals surface area contributed by atoms with Gasteiger partial charge in [0, 0.05) is 15.8 Å². The van der Waals surface area contributed by atoms with Gasteiger partial charge in [0.2, 0.25) is 0 Å². The highest BCUT2D eigenvalue weighted by molar-refractivity contribution is 7.12. The topological polar surface area (TPSA) is 75.6 Å². The minimum Gasteiger partial charge on any atom is -0.478 e. The second-order valence-electron chi connectivity index (χ2n) is 3.78. The SMILES string of the molecule is CC(C)OC(=O)NCc1ccc(C=CC(=O)O)s1. The van der Waals surface area contributed by atoms with Crippen molar-refractivity contribution in [1.29, 1.82) is 0 Å². The molecule has 0 aliphatic carbocycles. The first-order chi connectivity index (χ1) is 8.47. The summed E-state index contributed by atoms with van der Waals surface area (Å²) >= 11 is 1.42. The molecule has 0 saturated heterocycles. The Bertz CT molecular complexity index is 451. The van der Waals surface area contributed by atoms with Crippen LogP contribution in [0.4, 0.5) is 4.79 Å². The number of thiophene rings is 1. The van der Waals surface area contributed by atoms with Crippen LogP contribution in [0.1, 0.15) is 23.6 Å². The van der Waals surface area contributed by atoms with Crippen molar-refractivity contribution in [3.05, 3.63) is 28.0 Å². The third-order valence-corrected chi connectivity index (χ3v) is 2.87. The van der Waals surface area contributed by atoms with E-state index >= 15 is 0 Å². The van der Waals surface area contributed by atoms with E-state index < -0.39 is 12.1 Å². The molecular weight excluding hydrogens is 254 g/mol. The number of amides is 1. The number of hydrogen-bond donors (Lipinski definition) is 2. The summed E-state index contributed by atoms with van der Waals surface area (Å²) in [5.74, 6) is -0.983. The van der Waals surface area contributed by atoms with Crippen LogP contribution in [0.3, 0.4) is 0 Å². The van der Waals surface area contributed by atoms with E-state index in [9.17, 15) is 9.59 Å². The fourth-order valence-corrected chi connectivity index (χ4v) is 2.00. The zero-order chi connectivity index (χ0) is 13.5. The first kappa shape index (κ1) is 14.2. The highest BCUT2D eigenvalue weighted by Gasteiger charge is 2.05. The van der Waals surface area contributed by atoms with Crippen molar-refractivity contribution in [3.8, 4) is 0 Å². The molecule has 18 heavy (non-hydrogen) atoms. The van der Waals surface area contributed by atoms with Gasteiger partial charge in [-0.15, -0.1) is 11.3 Å². The van der Waals surface area contributed by atoms with Crippen LogP contribution in [0.5, 0.6) is 0 Å². The second-order valence-corrected chi connectivity index (χ2v) is 4.98. The number of ether oxygens (including phenoxy) is 1. The standard InChI is InChI=1S/C12H15NO4S/c1-8(2)17-12(16)13-7-10-4-3-9(18-10)5-6-11(14)15/h3-6,8H,7H2,1-2H3,(H,13,16)(H,14,15). The average molecular weight is 269 g/mol. The summed E-state index contributed by atoms with van der Waals surface area (Å²) in [6.45, 7) is 3.93. The van der Waals surface area contributed by atoms with E-state index in [2.05, 4.69) is 5.32 Å². The first-order valence-electron chi connectivity index (χ1n) is 5.41. The van der Waals surface area contributed by atoms with Crippen molar-refractivity contribution in [2.24, 2.45) is 0 Å². The molecule has 0 saturated carbocycles. The molecule has 0 aromatic carbocycles. The molecule has 0 radical (unpaired) electrons. The molecule has 0 aliphatic heterocycles. The van der Waals surface area contributed by atoms with Crippen LogP contribution >= 0.6 is 11.3 Å². The van der Waals surface area contributed by atoms with Crippen LogP contribution < -0.4 is 5.32 Å². The Morgan fingerprint density at radius 1 is 1.50 bits per heavy atom. The molecule has 0 unspecified atom stereocenters. The van der Waals surface area contributed by atoms with Crippen LogP contribution in [0.2, 0.25) is 0 Å². The van der Waals surface area contributed by atoms with Gasteiger partial charge >= 0.3 is 12.1 Å². The number of carbonyl (C=O) groups excluding carboxylic acids is 1. The highest BCUT2D eigenvalue weighted by Crippen LogP contribution is 2.17. The summed E-state index contributed by atoms with van der Waals surface area (Å²) in [7, 11) is 0. The summed E-state index contributed by atoms with van der Waals surface area (Å²) < 4.78 is 4.92. The number of hydrogen-bond acceptors (Lipinski definition) is 4. The van der Waals surface area contributed by atoms with Crippen LogP contribution in [-0.4, -0.2) is 23.3 Å². The maximum absolute atomic E-state index is 11.2. The smallest absolute Gasteiger partial charge is 0.407 e. The molecule has 6 heteroatoms. The number of carboxylic acid groups (broad SMARTS) is 1. The normalized spacial score (nSPS) is 10.8. The monoisotopic (exact) mass is 269 g/mol. The van der Waals surface area contributed by atoms with Gasteiger partial charge in [0.05, 0.1) is 12.6 Å². The minimum atomic E-state index is -0.983. The molecule has 1 aromatic rings. The van der Waals surface area contributed by atoms with E-state index in [-0.39, 0.29) is 6.10 Å². The summed E-state index contributed by atoms with van der Waals surface area (Å²) in [4.78, 5) is 23.3. The Morgan fingerprint density at radius 3 is 2.83 bits per heavy atom. The van der Waals surface area contributed by atoms with Gasteiger partial charge in [0.1, 0.15) is 0 Å². The van der Waals surface area contributed by atoms with Gasteiger partial charge in [0.25, 0.3) is 0 Å². The quantitative estimate of drug-likeness (QED) is 0.805. The van der Waals surface area contributed by atoms with Crippen LogP contribution in [-0.2, 0) is 16.1 Å². The van der Waals surface area contributed by atoms with Gasteiger partial charge in [-0.25, -0.2) is 9.59 Å². The Labute approximate surface area is 109 Å². The van der Waals surface area contributed by atoms with Gasteiger partial charge in [-0.3, -0.25) is 0 Å². The minimum absolute atomic E-state index is 0.151. The molecular formula is C12H15NO4S. The fraction of sp³-hybridized carbons (Fsp3) is 0.333. The van der Waals surface area contributed by atoms with Crippen molar-refractivity contribution in [2.75, 3.05) is 0 Å². The number of carboxylic acids is 1. The summed E-state index contributed by atoms with van der Waals surface area (Å²) in [6, 6.07) is 3.64. The summed E-state index contributed by atoms with van der Waals surface area (Å²) in [6.07, 6.45) is 1.99. The average Bonchev–Trinajstić information content (AvgIpc) is 2.70. The maximum Gasteiger partial charge on any atom is 0.407 e. The fourth-order valence-electron chi connectivity index (χ4n) is 1.15. The van der Waals surface area contributed by atoms with Crippen molar-refractivity contribution in [1.82, 2.24) is 5.32 Å². The highest BCUT2D eigenvalue weighted by atomic mass is 32.1. The van der Waals surface area contributed by atoms with E-state index in [4.69, 9.17) is 9.84 Å². The van der Waals surface area contributed by atoms with Gasteiger partial charge in [0.15, 0.2) is 0 Å². The van der Waals surface area contributed by atoms with Crippen molar-refractivity contribution >= 4 is 29.5 Å². The first-order valence-corrected chi connectivity index (χ1v) is 6.23. The van der Waals surface area contributed by atoms with Gasteiger partial charge in [-0.1, -0.05) is 0 Å². The van der Waals surface area contributed by atoms with E-state index in [1.165, 1.54) is 17.4 Å². The van der Waals surface area contributed by atoms with Crippen LogP contribution in [0.15, 0.2) is 18.2 Å². The molecule has 5 nitrogen and oxygen atoms in total. The Morgan fingerprint density at radius 2 is 2.22 bits per heavy atom. The van der Waals surface area contributed by atoms with Gasteiger partial charge in [-0.2, -0.15) is 0 Å². The van der Waals surface area contributed by atoms with Crippen molar-refractivity contribution in [3.63, 3.8) is 0 Å². The maximum atomic E-state index is 11.2. The van der Waals surface area contributed by atoms with Crippen LogP contribution in [0, 0.1) is 0 Å². The largest absolute Gasteiger partial charge is 0.478 e. The third kappa shape index (κ3) is 5.49. The molecule has 2 N–H and O–H groups in total. The lowest BCUT2D eigenvalue weighted by Crippen LogP contribution is -2.25. The molecule has 0 bridgehead atoms. The van der Waals surface area contributed by atoms with Gasteiger partial charge in [-0.05, 0) is 32.1 Å². The van der Waals surface area contributed by atoms with E-state index in [0.717, 1.165) is 15.8 Å². The molecule has 0 spiro atoms. The summed E-state index contributed by atoms with van der Waals surface area (Å²) in [5, 5.41) is 11.1. The molecule has 98 valence electrons. The van der Waals surface area contributed by atoms with E-state index in [1.807, 2.05) is 6.07 Å². The molecule has 1 amide bonds. The summed E-state index contributed by atoms with van der Waals surface area (Å²) in [5.41, 5.74) is 0. The molecule has 0 fully saturated rings. The Kier molecular flexibility index (Phi) is 5.38. The Balaban J connectivity index is 2.44.